The van der Waals surface area contributed by atoms with E-state index < -0.39 is 0 Å². The van der Waals surface area contributed by atoms with Crippen molar-refractivity contribution >= 4 is 34.4 Å². The largest absolute Gasteiger partial charge is 0.261 e. The highest BCUT2D eigenvalue weighted by Gasteiger charge is 2.10. The lowest BCUT2D eigenvalue weighted by atomic mass is 10.2. The van der Waals surface area contributed by atoms with Gasteiger partial charge in [-0.05, 0) is 24.9 Å². The van der Waals surface area contributed by atoms with E-state index >= 15 is 0 Å². The van der Waals surface area contributed by atoms with Crippen LogP contribution in [-0.4, -0.2) is 24.1 Å². The number of hydrogen-bond donors (Lipinski definition) is 1. The van der Waals surface area contributed by atoms with Crippen LogP contribution in [0.4, 0.5) is 4.39 Å². The van der Waals surface area contributed by atoms with Crippen molar-refractivity contribution in [3.05, 3.63) is 48.9 Å². The van der Waals surface area contributed by atoms with Crippen molar-refractivity contribution in [2.75, 3.05) is 0 Å². The number of thiazole rings is 1. The lowest BCUT2D eigenvalue weighted by Crippen LogP contribution is -1.82. The van der Waals surface area contributed by atoms with Gasteiger partial charge in [0.2, 0.25) is 0 Å². The Hall–Kier alpha value is -2.32. The van der Waals surface area contributed by atoms with Crippen molar-refractivity contribution in [3.8, 4) is 21.8 Å². The number of hydrogen-bond acceptors (Lipinski definition) is 6. The van der Waals surface area contributed by atoms with Crippen LogP contribution in [0, 0.1) is 5.82 Å². The van der Waals surface area contributed by atoms with Gasteiger partial charge in [-0.15, -0.1) is 11.3 Å². The van der Waals surface area contributed by atoms with E-state index in [-0.39, 0.29) is 5.82 Å². The highest BCUT2D eigenvalue weighted by atomic mass is 32.1. The van der Waals surface area contributed by atoms with Crippen LogP contribution in [-0.2, 0) is 0 Å². The highest BCUT2D eigenvalue weighted by Crippen LogP contribution is 2.31. The maximum atomic E-state index is 13.3. The van der Waals surface area contributed by atoms with E-state index in [1.54, 1.807) is 24.8 Å². The normalized spacial score (nSPS) is 11.2. The standard InChI is InChI=1S/C14H8FN5S2/c15-10-1-8(3-16-5-10)14-19-12-6-17-11(2-13(12)22-14)9-4-18-20(21)7-9/h1-7,21H. The van der Waals surface area contributed by atoms with E-state index in [0.29, 0.717) is 10.6 Å². The number of nitrogens with zero attached hydrogens (tertiary/aromatic N) is 5. The van der Waals surface area contributed by atoms with Crippen LogP contribution >= 0.6 is 24.2 Å². The molecule has 0 unspecified atom stereocenters. The van der Waals surface area contributed by atoms with Crippen LogP contribution in [0.15, 0.2) is 43.1 Å². The molecule has 22 heavy (non-hydrogen) atoms. The molecule has 0 atom stereocenters. The van der Waals surface area contributed by atoms with Gasteiger partial charge in [0.15, 0.2) is 0 Å². The third kappa shape index (κ3) is 2.36. The molecule has 0 spiro atoms. The zero-order valence-electron chi connectivity index (χ0n) is 11.0. The lowest BCUT2D eigenvalue weighted by molar-refractivity contribution is 0.622. The van der Waals surface area contributed by atoms with Gasteiger partial charge in [0, 0.05) is 23.5 Å². The number of thiol groups is 1. The summed E-state index contributed by atoms with van der Waals surface area (Å²) < 4.78 is 15.7. The summed E-state index contributed by atoms with van der Waals surface area (Å²) in [5.41, 5.74) is 3.09. The van der Waals surface area contributed by atoms with Crippen molar-refractivity contribution in [1.29, 1.82) is 0 Å². The SMILES string of the molecule is Fc1cncc(-c2nc3cnc(-c4cnn(S)c4)cc3s2)c1. The topological polar surface area (TPSA) is 56.5 Å². The monoisotopic (exact) mass is 329 g/mol. The molecule has 108 valence electrons. The Balaban J connectivity index is 1.81. The molecule has 4 heterocycles. The summed E-state index contributed by atoms with van der Waals surface area (Å²) in [6, 6.07) is 3.36. The molecule has 0 saturated heterocycles. The van der Waals surface area contributed by atoms with Gasteiger partial charge in [-0.1, -0.05) is 0 Å². The van der Waals surface area contributed by atoms with Crippen LogP contribution in [0.2, 0.25) is 0 Å². The fourth-order valence-corrected chi connectivity index (χ4v) is 3.22. The predicted octanol–water partition coefficient (Wildman–Crippen LogP) is 3.45. The molecule has 0 aliphatic rings. The highest BCUT2D eigenvalue weighted by molar-refractivity contribution is 7.78. The van der Waals surface area contributed by atoms with Crippen LogP contribution in [0.3, 0.4) is 0 Å². The quantitative estimate of drug-likeness (QED) is 0.572. The Labute approximate surface area is 134 Å². The molecule has 5 nitrogen and oxygen atoms in total. The first-order valence-corrected chi connectivity index (χ1v) is 7.52. The predicted molar refractivity (Wildman–Crippen MR) is 86.2 cm³/mol. The molecule has 0 fully saturated rings. The molecule has 0 aliphatic heterocycles. The van der Waals surface area contributed by atoms with Crippen molar-refractivity contribution in [2.24, 2.45) is 0 Å². The smallest absolute Gasteiger partial charge is 0.142 e. The first kappa shape index (κ1) is 13.4. The Kier molecular flexibility index (Phi) is 3.12. The molecule has 4 aromatic heterocycles. The molecule has 0 N–H and O–H groups in total. The van der Waals surface area contributed by atoms with Gasteiger partial charge in [-0.25, -0.2) is 13.5 Å². The minimum absolute atomic E-state index is 0.378. The molecular weight excluding hydrogens is 321 g/mol. The molecule has 4 rings (SSSR count). The van der Waals surface area contributed by atoms with E-state index in [2.05, 4.69) is 32.9 Å². The van der Waals surface area contributed by atoms with Gasteiger partial charge in [0.05, 0.1) is 29.0 Å². The second kappa shape index (κ2) is 5.15. The molecule has 0 saturated carbocycles. The second-order valence-electron chi connectivity index (χ2n) is 4.60. The Bertz CT molecular complexity index is 978. The molecule has 8 heteroatoms. The Morgan fingerprint density at radius 2 is 2.00 bits per heavy atom. The minimum Gasteiger partial charge on any atom is -0.261 e. The van der Waals surface area contributed by atoms with Gasteiger partial charge in [0.1, 0.15) is 16.3 Å². The van der Waals surface area contributed by atoms with Crippen molar-refractivity contribution in [1.82, 2.24) is 24.1 Å². The number of rotatable bonds is 2. The van der Waals surface area contributed by atoms with Crippen molar-refractivity contribution in [2.45, 2.75) is 0 Å². The zero-order valence-corrected chi connectivity index (χ0v) is 12.7. The summed E-state index contributed by atoms with van der Waals surface area (Å²) >= 11 is 5.59. The van der Waals surface area contributed by atoms with Gasteiger partial charge in [0.25, 0.3) is 0 Å². The maximum Gasteiger partial charge on any atom is 0.142 e. The molecule has 0 bridgehead atoms. The molecule has 4 aromatic rings. The summed E-state index contributed by atoms with van der Waals surface area (Å²) in [5, 5.41) is 4.73. The van der Waals surface area contributed by atoms with E-state index in [9.17, 15) is 4.39 Å². The van der Waals surface area contributed by atoms with Crippen LogP contribution in [0.25, 0.3) is 32.0 Å². The van der Waals surface area contributed by atoms with Gasteiger partial charge < -0.3 is 0 Å². The van der Waals surface area contributed by atoms with Crippen LogP contribution in [0.5, 0.6) is 0 Å². The first-order chi connectivity index (χ1) is 10.7. The van der Waals surface area contributed by atoms with Crippen LogP contribution in [0.1, 0.15) is 0 Å². The maximum absolute atomic E-state index is 13.3. The van der Waals surface area contributed by atoms with Crippen molar-refractivity contribution < 1.29 is 4.39 Å². The average molecular weight is 329 g/mol. The summed E-state index contributed by atoms with van der Waals surface area (Å²) in [7, 11) is 0. The molecule has 0 aromatic carbocycles. The Morgan fingerprint density at radius 1 is 1.09 bits per heavy atom. The lowest BCUT2D eigenvalue weighted by Gasteiger charge is -1.94. The van der Waals surface area contributed by atoms with E-state index in [4.69, 9.17) is 0 Å². The molecule has 0 radical (unpaired) electrons. The summed E-state index contributed by atoms with van der Waals surface area (Å²) in [6.07, 6.45) is 7.94. The number of halogens is 1. The van der Waals surface area contributed by atoms with E-state index in [0.717, 1.165) is 21.5 Å². The van der Waals surface area contributed by atoms with Gasteiger partial charge in [-0.3, -0.25) is 9.97 Å². The zero-order chi connectivity index (χ0) is 15.1. The second-order valence-corrected chi connectivity index (χ2v) is 6.04. The fraction of sp³-hybridized carbons (Fsp3) is 0. The minimum atomic E-state index is -0.378. The number of fused-ring (bicyclic) bond motifs is 1. The molecular formula is C14H8FN5S2. The average Bonchev–Trinajstić information content (AvgIpc) is 3.12. The first-order valence-electron chi connectivity index (χ1n) is 6.31. The number of aromatic nitrogens is 5. The van der Waals surface area contributed by atoms with Crippen LogP contribution < -0.4 is 0 Å². The van der Waals surface area contributed by atoms with Gasteiger partial charge in [-0.2, -0.15) is 5.10 Å². The summed E-state index contributed by atoms with van der Waals surface area (Å²) in [4.78, 5) is 12.7. The third-order valence-electron chi connectivity index (χ3n) is 3.09. The van der Waals surface area contributed by atoms with Gasteiger partial charge >= 0.3 is 0 Å². The van der Waals surface area contributed by atoms with E-state index in [1.807, 2.05) is 6.07 Å². The number of pyridine rings is 2. The molecule has 0 amide bonds. The Morgan fingerprint density at radius 3 is 2.77 bits per heavy atom. The van der Waals surface area contributed by atoms with E-state index in [1.165, 1.54) is 27.7 Å². The molecule has 0 aliphatic carbocycles. The third-order valence-corrected chi connectivity index (χ3v) is 4.38. The summed E-state index contributed by atoms with van der Waals surface area (Å²) in [5.74, 6) is -0.378. The fourth-order valence-electron chi connectivity index (χ4n) is 2.09. The van der Waals surface area contributed by atoms with Crippen molar-refractivity contribution in [3.63, 3.8) is 0 Å². The summed E-state index contributed by atoms with van der Waals surface area (Å²) in [6.45, 7) is 0.